The molecule has 0 radical (unpaired) electrons. The minimum atomic E-state index is -3.56. The van der Waals surface area contributed by atoms with Crippen molar-refractivity contribution in [3.8, 4) is 0 Å². The first-order chi connectivity index (χ1) is 14.2. The molecule has 0 heterocycles. The third-order valence-corrected chi connectivity index (χ3v) is 6.48. The molecule has 0 saturated heterocycles. The molecule has 30 heavy (non-hydrogen) atoms. The Bertz CT molecular complexity index is 984. The molecule has 9 heteroatoms. The molecule has 0 bridgehead atoms. The normalized spacial score (nSPS) is 11.2. The lowest BCUT2D eigenvalue weighted by Gasteiger charge is -2.18. The minimum Gasteiger partial charge on any atom is -0.452 e. The van der Waals surface area contributed by atoms with Crippen molar-refractivity contribution in [3.63, 3.8) is 0 Å². The van der Waals surface area contributed by atoms with Gasteiger partial charge in [0.05, 0.1) is 10.5 Å². The van der Waals surface area contributed by atoms with Crippen LogP contribution in [0.3, 0.4) is 0 Å². The van der Waals surface area contributed by atoms with Crippen molar-refractivity contribution >= 4 is 33.3 Å². The molecule has 1 amide bonds. The number of carbonyl (C=O) groups is 2. The van der Waals surface area contributed by atoms with Gasteiger partial charge in [-0.2, -0.15) is 4.31 Å². The average Bonchev–Trinajstić information content (AvgIpc) is 2.73. The minimum absolute atomic E-state index is 0.149. The van der Waals surface area contributed by atoms with Crippen molar-refractivity contribution in [1.82, 2.24) is 4.31 Å². The van der Waals surface area contributed by atoms with Gasteiger partial charge in [0.2, 0.25) is 10.0 Å². The highest BCUT2D eigenvalue weighted by atomic mass is 32.2. The molecule has 2 aromatic rings. The molecule has 0 saturated carbocycles. The zero-order valence-electron chi connectivity index (χ0n) is 17.6. The Kier molecular flexibility index (Phi) is 7.96. The number of amides is 1. The number of nitrogens with one attached hydrogen (secondary N) is 1. The molecule has 162 valence electrons. The number of nitrogens with zero attached hydrogens (tertiary/aromatic N) is 2. The third-order valence-electron chi connectivity index (χ3n) is 4.41. The van der Waals surface area contributed by atoms with Crippen molar-refractivity contribution < 1.29 is 22.7 Å². The fraction of sp³-hybridized carbons (Fsp3) is 0.333. The van der Waals surface area contributed by atoms with Crippen LogP contribution in [-0.2, 0) is 19.6 Å². The second kappa shape index (κ2) is 10.2. The van der Waals surface area contributed by atoms with E-state index in [1.807, 2.05) is 25.1 Å². The molecule has 0 aliphatic heterocycles. The van der Waals surface area contributed by atoms with Crippen LogP contribution in [0.1, 0.15) is 24.2 Å². The number of benzene rings is 2. The molecule has 2 rings (SSSR count). The Morgan fingerprint density at radius 2 is 1.63 bits per heavy atom. The number of rotatable bonds is 9. The summed E-state index contributed by atoms with van der Waals surface area (Å²) >= 11 is 0. The van der Waals surface area contributed by atoms with Crippen molar-refractivity contribution in [3.05, 3.63) is 54.1 Å². The lowest BCUT2D eigenvalue weighted by molar-refractivity contribution is -0.119. The van der Waals surface area contributed by atoms with Crippen molar-refractivity contribution in [1.29, 1.82) is 0 Å². The van der Waals surface area contributed by atoms with Gasteiger partial charge in [0.15, 0.2) is 6.61 Å². The standard InChI is InChI=1S/C21H27N3O5S/c1-5-24(6-2)30(27,28)19-12-10-17(11-13-19)22-20(25)15-29-21(26)16-8-7-9-18(14-16)23(3)4/h7-14H,5-6,15H2,1-4H3,(H,22,25). The molecule has 0 fully saturated rings. The summed E-state index contributed by atoms with van der Waals surface area (Å²) in [4.78, 5) is 26.2. The molecule has 2 aromatic carbocycles. The first-order valence-corrected chi connectivity index (χ1v) is 11.0. The number of ether oxygens (including phenoxy) is 1. The monoisotopic (exact) mass is 433 g/mol. The topological polar surface area (TPSA) is 96.0 Å². The van der Waals surface area contributed by atoms with E-state index in [9.17, 15) is 18.0 Å². The third kappa shape index (κ3) is 5.80. The first kappa shape index (κ1) is 23.4. The van der Waals surface area contributed by atoms with Crippen LogP contribution in [0.5, 0.6) is 0 Å². The van der Waals surface area contributed by atoms with Crippen LogP contribution in [0.25, 0.3) is 0 Å². The summed E-state index contributed by atoms with van der Waals surface area (Å²) in [5, 5.41) is 2.58. The Morgan fingerprint density at radius 3 is 2.20 bits per heavy atom. The first-order valence-electron chi connectivity index (χ1n) is 9.53. The maximum atomic E-state index is 12.5. The van der Waals surface area contributed by atoms with E-state index in [1.54, 1.807) is 32.0 Å². The SMILES string of the molecule is CCN(CC)S(=O)(=O)c1ccc(NC(=O)COC(=O)c2cccc(N(C)C)c2)cc1. The summed E-state index contributed by atoms with van der Waals surface area (Å²) in [7, 11) is 0.155. The van der Waals surface area contributed by atoms with E-state index in [4.69, 9.17) is 4.74 Å². The summed E-state index contributed by atoms with van der Waals surface area (Å²) in [6, 6.07) is 12.7. The van der Waals surface area contributed by atoms with E-state index in [-0.39, 0.29) is 4.90 Å². The van der Waals surface area contributed by atoms with Crippen molar-refractivity contribution in [2.24, 2.45) is 0 Å². The summed E-state index contributed by atoms with van der Waals surface area (Å²) in [5.41, 5.74) is 1.60. The zero-order valence-corrected chi connectivity index (χ0v) is 18.4. The molecular weight excluding hydrogens is 406 g/mol. The van der Waals surface area contributed by atoms with Crippen LogP contribution in [0.2, 0.25) is 0 Å². The Labute approximate surface area is 177 Å². The summed E-state index contributed by atoms with van der Waals surface area (Å²) in [5.74, 6) is -1.12. The van der Waals surface area contributed by atoms with E-state index < -0.39 is 28.5 Å². The highest BCUT2D eigenvalue weighted by molar-refractivity contribution is 7.89. The maximum Gasteiger partial charge on any atom is 0.338 e. The van der Waals surface area contributed by atoms with E-state index in [1.165, 1.54) is 28.6 Å². The number of carbonyl (C=O) groups excluding carboxylic acids is 2. The van der Waals surface area contributed by atoms with Gasteiger partial charge >= 0.3 is 5.97 Å². The highest BCUT2D eigenvalue weighted by Crippen LogP contribution is 2.18. The smallest absolute Gasteiger partial charge is 0.338 e. The summed E-state index contributed by atoms with van der Waals surface area (Å²) < 4.78 is 31.4. The van der Waals surface area contributed by atoms with Gasteiger partial charge in [-0.1, -0.05) is 19.9 Å². The quantitative estimate of drug-likeness (QED) is 0.611. The maximum absolute atomic E-state index is 12.5. The molecule has 1 N–H and O–H groups in total. The van der Waals surface area contributed by atoms with Gasteiger partial charge in [-0.25, -0.2) is 13.2 Å². The number of esters is 1. The molecule has 0 spiro atoms. The predicted molar refractivity (Wildman–Crippen MR) is 116 cm³/mol. The average molecular weight is 434 g/mol. The van der Waals surface area contributed by atoms with Crippen molar-refractivity contribution in [2.45, 2.75) is 18.7 Å². The largest absolute Gasteiger partial charge is 0.452 e. The molecule has 0 aromatic heterocycles. The van der Waals surface area contributed by atoms with Crippen LogP contribution in [0, 0.1) is 0 Å². The molecule has 8 nitrogen and oxygen atoms in total. The summed E-state index contributed by atoms with van der Waals surface area (Å²) in [6.07, 6.45) is 0. The molecule has 0 aliphatic carbocycles. The van der Waals surface area contributed by atoms with Gasteiger partial charge in [0, 0.05) is 38.6 Å². The van der Waals surface area contributed by atoms with Crippen molar-refractivity contribution in [2.75, 3.05) is 44.0 Å². The van der Waals surface area contributed by atoms with E-state index in [0.29, 0.717) is 24.3 Å². The molecule has 0 unspecified atom stereocenters. The lowest BCUT2D eigenvalue weighted by Crippen LogP contribution is -2.30. The Balaban J connectivity index is 1.95. The number of sulfonamides is 1. The van der Waals surface area contributed by atoms with Crippen LogP contribution in [0.4, 0.5) is 11.4 Å². The summed E-state index contributed by atoms with van der Waals surface area (Å²) in [6.45, 7) is 3.84. The van der Waals surface area contributed by atoms with Gasteiger partial charge in [-0.15, -0.1) is 0 Å². The van der Waals surface area contributed by atoms with Gasteiger partial charge < -0.3 is 15.0 Å². The van der Waals surface area contributed by atoms with Crippen LogP contribution in [0.15, 0.2) is 53.4 Å². The number of anilines is 2. The van der Waals surface area contributed by atoms with E-state index in [2.05, 4.69) is 5.32 Å². The van der Waals surface area contributed by atoms with Gasteiger partial charge in [-0.05, 0) is 42.5 Å². The molecule has 0 atom stereocenters. The second-order valence-electron chi connectivity index (χ2n) is 6.68. The van der Waals surface area contributed by atoms with Gasteiger partial charge in [0.1, 0.15) is 0 Å². The second-order valence-corrected chi connectivity index (χ2v) is 8.62. The van der Waals surface area contributed by atoms with E-state index in [0.717, 1.165) is 5.69 Å². The molecular formula is C21H27N3O5S. The zero-order chi connectivity index (χ0) is 22.3. The van der Waals surface area contributed by atoms with Crippen LogP contribution in [-0.4, -0.2) is 58.4 Å². The fourth-order valence-electron chi connectivity index (χ4n) is 2.75. The molecule has 0 aliphatic rings. The van der Waals surface area contributed by atoms with Gasteiger partial charge in [-0.3, -0.25) is 4.79 Å². The number of hydrogen-bond acceptors (Lipinski definition) is 6. The Hall–Kier alpha value is -2.91. The van der Waals surface area contributed by atoms with Crippen LogP contribution >= 0.6 is 0 Å². The lowest BCUT2D eigenvalue weighted by atomic mass is 10.2. The van der Waals surface area contributed by atoms with E-state index >= 15 is 0 Å². The Morgan fingerprint density at radius 1 is 1.00 bits per heavy atom. The van der Waals surface area contributed by atoms with Crippen LogP contribution < -0.4 is 10.2 Å². The predicted octanol–water partition coefficient (Wildman–Crippen LogP) is 2.58. The highest BCUT2D eigenvalue weighted by Gasteiger charge is 2.21. The number of hydrogen-bond donors (Lipinski definition) is 1. The van der Waals surface area contributed by atoms with Gasteiger partial charge in [0.25, 0.3) is 5.91 Å². The fourth-order valence-corrected chi connectivity index (χ4v) is 4.20.